The lowest BCUT2D eigenvalue weighted by atomic mass is 10.1. The van der Waals surface area contributed by atoms with E-state index < -0.39 is 0 Å². The topological polar surface area (TPSA) is 17.1 Å². The molecule has 0 saturated carbocycles. The van der Waals surface area contributed by atoms with Gasteiger partial charge in [0.1, 0.15) is 0 Å². The van der Waals surface area contributed by atoms with E-state index in [9.17, 15) is 4.79 Å². The zero-order valence-corrected chi connectivity index (χ0v) is 10.6. The molecule has 1 rings (SSSR count). The predicted molar refractivity (Wildman–Crippen MR) is 61.0 cm³/mol. The summed E-state index contributed by atoms with van der Waals surface area (Å²) in [6.45, 7) is 0. The summed E-state index contributed by atoms with van der Waals surface area (Å²) in [4.78, 5) is 10.6. The summed E-state index contributed by atoms with van der Waals surface area (Å²) in [6, 6.07) is 5.82. The van der Waals surface area contributed by atoms with Crippen molar-refractivity contribution in [3.8, 4) is 0 Å². The largest absolute Gasteiger partial charge is 0.281 e. The first kappa shape index (κ1) is 11.2. The number of carbonyl (C=O) groups is 1. The van der Waals surface area contributed by atoms with Crippen LogP contribution < -0.4 is 0 Å². The minimum Gasteiger partial charge on any atom is -0.281 e. The van der Waals surface area contributed by atoms with Gasteiger partial charge >= 0.3 is 0 Å². The van der Waals surface area contributed by atoms with Crippen LogP contribution in [0.5, 0.6) is 0 Å². The Morgan fingerprint density at radius 2 is 1.85 bits per heavy atom. The smallest absolute Gasteiger partial charge is 0.221 e. The van der Waals surface area contributed by atoms with Crippen LogP contribution in [0.15, 0.2) is 27.1 Å². The molecule has 0 unspecified atom stereocenters. The molecule has 70 valence electrons. The monoisotopic (exact) mass is 324 g/mol. The van der Waals surface area contributed by atoms with E-state index >= 15 is 0 Å². The maximum absolute atomic E-state index is 10.6. The first-order valence-electron chi connectivity index (χ1n) is 3.72. The summed E-state index contributed by atoms with van der Waals surface area (Å²) in [6.07, 6.45) is 1.02. The molecule has 13 heavy (non-hydrogen) atoms. The second kappa shape index (κ2) is 5.13. The Bertz CT molecular complexity index is 305. The number of halogens is 3. The molecule has 0 spiro atoms. The molecule has 1 aromatic rings. The van der Waals surface area contributed by atoms with E-state index in [4.69, 9.17) is 11.6 Å². The Morgan fingerprint density at radius 3 is 2.31 bits per heavy atom. The molecule has 0 aliphatic rings. The van der Waals surface area contributed by atoms with E-state index in [1.54, 1.807) is 0 Å². The van der Waals surface area contributed by atoms with Gasteiger partial charge in [0.15, 0.2) is 0 Å². The minimum atomic E-state index is -0.303. The van der Waals surface area contributed by atoms with Gasteiger partial charge in [0.2, 0.25) is 5.24 Å². The van der Waals surface area contributed by atoms with Crippen LogP contribution >= 0.6 is 43.5 Å². The fourth-order valence-electron chi connectivity index (χ4n) is 0.994. The molecular formula is C9H7Br2ClO. The number of carbonyl (C=O) groups excluding carboxylic acids is 1. The molecule has 0 amide bonds. The van der Waals surface area contributed by atoms with Crippen LogP contribution in [0.2, 0.25) is 0 Å². The van der Waals surface area contributed by atoms with Crippen LogP contribution in [0.1, 0.15) is 12.0 Å². The SMILES string of the molecule is O=C(Cl)CCc1c(Br)cccc1Br. The third-order valence-electron chi connectivity index (χ3n) is 1.63. The van der Waals surface area contributed by atoms with Crippen molar-refractivity contribution in [2.24, 2.45) is 0 Å². The Morgan fingerprint density at radius 1 is 1.31 bits per heavy atom. The highest BCUT2D eigenvalue weighted by molar-refractivity contribution is 9.11. The summed E-state index contributed by atoms with van der Waals surface area (Å²) in [5.41, 5.74) is 1.08. The maximum Gasteiger partial charge on any atom is 0.221 e. The number of benzene rings is 1. The highest BCUT2D eigenvalue weighted by Gasteiger charge is 2.05. The van der Waals surface area contributed by atoms with E-state index in [1.165, 1.54) is 0 Å². The van der Waals surface area contributed by atoms with Gasteiger partial charge in [-0.25, -0.2) is 0 Å². The molecule has 0 bridgehead atoms. The molecule has 0 saturated heterocycles. The average Bonchev–Trinajstić information content (AvgIpc) is 2.03. The fourth-order valence-corrected chi connectivity index (χ4v) is 2.48. The summed E-state index contributed by atoms with van der Waals surface area (Å²) >= 11 is 12.1. The van der Waals surface area contributed by atoms with Gasteiger partial charge in [0.25, 0.3) is 0 Å². The summed E-state index contributed by atoms with van der Waals surface area (Å²) in [5, 5.41) is -0.303. The fraction of sp³-hybridized carbons (Fsp3) is 0.222. The highest BCUT2D eigenvalue weighted by Crippen LogP contribution is 2.26. The number of hydrogen-bond acceptors (Lipinski definition) is 1. The Hall–Kier alpha value is 0.140. The molecule has 0 radical (unpaired) electrons. The van der Waals surface area contributed by atoms with Crippen LogP contribution in [0.3, 0.4) is 0 Å². The van der Waals surface area contributed by atoms with Gasteiger partial charge in [-0.05, 0) is 35.7 Å². The Labute approximate surface area is 98.7 Å². The highest BCUT2D eigenvalue weighted by atomic mass is 79.9. The second-order valence-corrected chi connectivity index (χ2v) is 4.69. The standard InChI is InChI=1S/C9H7Br2ClO/c10-7-2-1-3-8(11)6(7)4-5-9(12)13/h1-3H,4-5H2. The molecule has 0 aromatic heterocycles. The molecule has 0 heterocycles. The van der Waals surface area contributed by atoms with Crippen molar-refractivity contribution in [3.63, 3.8) is 0 Å². The minimum absolute atomic E-state index is 0.303. The molecule has 0 N–H and O–H groups in total. The van der Waals surface area contributed by atoms with Crippen LogP contribution in [-0.2, 0) is 11.2 Å². The third-order valence-corrected chi connectivity index (χ3v) is 3.31. The molecule has 0 aliphatic heterocycles. The molecule has 4 heteroatoms. The van der Waals surface area contributed by atoms with Crippen molar-refractivity contribution in [2.45, 2.75) is 12.8 Å². The van der Waals surface area contributed by atoms with E-state index in [2.05, 4.69) is 31.9 Å². The van der Waals surface area contributed by atoms with E-state index in [1.807, 2.05) is 18.2 Å². The van der Waals surface area contributed by atoms with Gasteiger partial charge in [-0.3, -0.25) is 4.79 Å². The lowest BCUT2D eigenvalue weighted by molar-refractivity contribution is -0.111. The molecule has 1 nitrogen and oxygen atoms in total. The quantitative estimate of drug-likeness (QED) is 0.770. The zero-order chi connectivity index (χ0) is 9.84. The van der Waals surface area contributed by atoms with Crippen molar-refractivity contribution < 1.29 is 4.79 Å². The van der Waals surface area contributed by atoms with Crippen molar-refractivity contribution >= 4 is 48.7 Å². The molecule has 0 fully saturated rings. The zero-order valence-electron chi connectivity index (χ0n) is 6.69. The summed E-state index contributed by atoms with van der Waals surface area (Å²) in [7, 11) is 0. The summed E-state index contributed by atoms with van der Waals surface area (Å²) in [5.74, 6) is 0. The van der Waals surface area contributed by atoms with Crippen LogP contribution in [0, 0.1) is 0 Å². The van der Waals surface area contributed by atoms with Crippen molar-refractivity contribution in [1.82, 2.24) is 0 Å². The molecular weight excluding hydrogens is 319 g/mol. The van der Waals surface area contributed by atoms with Gasteiger partial charge in [0, 0.05) is 15.4 Å². The van der Waals surface area contributed by atoms with Crippen LogP contribution in [0.25, 0.3) is 0 Å². The Balaban J connectivity index is 2.81. The van der Waals surface area contributed by atoms with Gasteiger partial charge in [0.05, 0.1) is 0 Å². The lowest BCUT2D eigenvalue weighted by Crippen LogP contribution is -1.93. The number of rotatable bonds is 3. The first-order chi connectivity index (χ1) is 6.11. The Kier molecular flexibility index (Phi) is 4.42. The second-order valence-electron chi connectivity index (χ2n) is 2.56. The predicted octanol–water partition coefficient (Wildman–Crippen LogP) is 3.91. The molecule has 0 aliphatic carbocycles. The van der Waals surface area contributed by atoms with E-state index in [0.717, 1.165) is 14.5 Å². The van der Waals surface area contributed by atoms with E-state index in [0.29, 0.717) is 12.8 Å². The first-order valence-corrected chi connectivity index (χ1v) is 5.69. The van der Waals surface area contributed by atoms with Gasteiger partial charge in [-0.15, -0.1) is 0 Å². The van der Waals surface area contributed by atoms with Gasteiger partial charge in [-0.1, -0.05) is 37.9 Å². The van der Waals surface area contributed by atoms with E-state index in [-0.39, 0.29) is 5.24 Å². The average molecular weight is 326 g/mol. The number of hydrogen-bond donors (Lipinski definition) is 0. The summed E-state index contributed by atoms with van der Waals surface area (Å²) < 4.78 is 2.00. The van der Waals surface area contributed by atoms with Crippen molar-refractivity contribution in [1.29, 1.82) is 0 Å². The third kappa shape index (κ3) is 3.41. The van der Waals surface area contributed by atoms with Crippen LogP contribution in [0.4, 0.5) is 0 Å². The lowest BCUT2D eigenvalue weighted by Gasteiger charge is -2.04. The van der Waals surface area contributed by atoms with Gasteiger partial charge in [-0.2, -0.15) is 0 Å². The normalized spacial score (nSPS) is 10.1. The van der Waals surface area contributed by atoms with Gasteiger partial charge < -0.3 is 0 Å². The van der Waals surface area contributed by atoms with Crippen molar-refractivity contribution in [2.75, 3.05) is 0 Å². The molecule has 1 aromatic carbocycles. The van der Waals surface area contributed by atoms with Crippen LogP contribution in [-0.4, -0.2) is 5.24 Å². The van der Waals surface area contributed by atoms with Crippen molar-refractivity contribution in [3.05, 3.63) is 32.7 Å². The maximum atomic E-state index is 10.6. The molecule has 0 atom stereocenters.